The van der Waals surface area contributed by atoms with Gasteiger partial charge >= 0.3 is 59.1 Å². The first-order valence-electron chi connectivity index (χ1n) is 8.80. The van der Waals surface area contributed by atoms with Crippen molar-refractivity contribution < 1.29 is 59.1 Å². The van der Waals surface area contributed by atoms with Crippen molar-refractivity contribution in [2.45, 2.75) is 0 Å². The van der Waals surface area contributed by atoms with Gasteiger partial charge in [0, 0.05) is 49.6 Å². The van der Waals surface area contributed by atoms with Crippen LogP contribution in [0.2, 0.25) is 0 Å². The van der Waals surface area contributed by atoms with Crippen LogP contribution in [0.15, 0.2) is 122 Å². The summed E-state index contributed by atoms with van der Waals surface area (Å²) in [5, 5.41) is 0. The molecule has 0 spiro atoms. The zero-order valence-corrected chi connectivity index (χ0v) is 20.1. The Balaban J connectivity index is 0. The number of pyridine rings is 4. The van der Waals surface area contributed by atoms with Gasteiger partial charge < -0.3 is 0 Å². The summed E-state index contributed by atoms with van der Waals surface area (Å²) < 4.78 is 63.8. The summed E-state index contributed by atoms with van der Waals surface area (Å²) in [4.78, 5) is 15.1. The minimum atomic E-state index is -5.25. The van der Waals surface area contributed by atoms with Crippen LogP contribution in [0.4, 0.5) is 0 Å². The molecule has 34 heavy (non-hydrogen) atoms. The van der Waals surface area contributed by atoms with Gasteiger partial charge in [0.25, 0.3) is 0 Å². The Labute approximate surface area is 201 Å². The van der Waals surface area contributed by atoms with Crippen molar-refractivity contribution in [1.29, 1.82) is 0 Å². The van der Waals surface area contributed by atoms with Crippen LogP contribution in [-0.2, 0) is 42.4 Å². The third-order valence-electron chi connectivity index (χ3n) is 2.27. The minimum absolute atomic E-state index is 1.75. The number of aromatic nitrogens is 4. The molecule has 12 nitrogen and oxygen atoms in total. The van der Waals surface area contributed by atoms with Crippen molar-refractivity contribution in [3.05, 3.63) is 122 Å². The van der Waals surface area contributed by atoms with Crippen molar-refractivity contribution in [3.63, 3.8) is 0 Å². The minimum Gasteiger partial charge on any atom is -0.265 e. The molecule has 14 heteroatoms. The molecule has 0 aliphatic rings. The predicted octanol–water partition coefficient (Wildman–Crippen LogP) is 1.62. The number of hydrogen-bond acceptors (Lipinski definition) is 8. The molecule has 0 aromatic carbocycles. The molecular weight excluding hydrogens is 528 g/mol. The van der Waals surface area contributed by atoms with E-state index in [2.05, 4.69) is 19.9 Å². The van der Waals surface area contributed by atoms with Crippen molar-refractivity contribution in [2.75, 3.05) is 0 Å². The average molecular weight is 552 g/mol. The maximum atomic E-state index is 8.82. The van der Waals surface area contributed by atoms with Crippen LogP contribution in [0.1, 0.15) is 0 Å². The molecular formula is C20H24Cr2N4O8. The van der Waals surface area contributed by atoms with E-state index >= 15 is 0 Å². The van der Waals surface area contributed by atoms with Crippen molar-refractivity contribution in [2.24, 2.45) is 0 Å². The molecule has 0 unspecified atom stereocenters. The first kappa shape index (κ1) is 32.9. The van der Waals surface area contributed by atoms with E-state index in [0.717, 1.165) is 0 Å². The molecule has 4 heterocycles. The molecule has 0 fully saturated rings. The fourth-order valence-electron chi connectivity index (χ4n) is 1.25. The Hall–Kier alpha value is -3.30. The normalized spacial score (nSPS) is 9.06. The molecule has 0 radical (unpaired) electrons. The topological polar surface area (TPSA) is 201 Å². The van der Waals surface area contributed by atoms with E-state index in [1.54, 1.807) is 49.6 Å². The Morgan fingerprint density at radius 1 is 0.324 bits per heavy atom. The van der Waals surface area contributed by atoms with E-state index < -0.39 is 27.2 Å². The Morgan fingerprint density at radius 3 is 0.471 bits per heavy atom. The molecule has 0 bridgehead atoms. The van der Waals surface area contributed by atoms with Crippen molar-refractivity contribution >= 4 is 0 Å². The van der Waals surface area contributed by atoms with E-state index in [1.165, 1.54) is 0 Å². The van der Waals surface area contributed by atoms with Gasteiger partial charge in [0.15, 0.2) is 0 Å². The predicted molar refractivity (Wildman–Crippen MR) is 109 cm³/mol. The maximum Gasteiger partial charge on any atom is 0.0267 e. The van der Waals surface area contributed by atoms with Gasteiger partial charge in [-0.15, -0.1) is 0 Å². The number of nitrogens with zero attached hydrogens (tertiary/aromatic N) is 4. The van der Waals surface area contributed by atoms with Gasteiger partial charge in [0.05, 0.1) is 0 Å². The molecule has 4 N–H and O–H groups in total. The molecule has 0 saturated carbocycles. The smallest absolute Gasteiger partial charge is 0.0267 e. The van der Waals surface area contributed by atoms with E-state index in [9.17, 15) is 0 Å². The van der Waals surface area contributed by atoms with Gasteiger partial charge in [0.1, 0.15) is 0 Å². The second-order valence-corrected chi connectivity index (χ2v) is 7.79. The summed E-state index contributed by atoms with van der Waals surface area (Å²) in [6, 6.07) is 22.9. The third-order valence-corrected chi connectivity index (χ3v) is 2.27. The van der Waals surface area contributed by atoms with E-state index in [4.69, 9.17) is 31.8 Å². The Kier molecular flexibility index (Phi) is 22.1. The van der Waals surface area contributed by atoms with Gasteiger partial charge in [0.2, 0.25) is 0 Å². The van der Waals surface area contributed by atoms with Crippen LogP contribution in [0.3, 0.4) is 0 Å². The fourth-order valence-corrected chi connectivity index (χ4v) is 1.25. The summed E-state index contributed by atoms with van der Waals surface area (Å²) in [6.45, 7) is 0. The summed E-state index contributed by atoms with van der Waals surface area (Å²) in [7, 11) is 0. The molecule has 4 aromatic heterocycles. The number of rotatable bonds is 0. The van der Waals surface area contributed by atoms with Gasteiger partial charge in [-0.05, 0) is 48.5 Å². The average Bonchev–Trinajstić information content (AvgIpc) is 2.83. The van der Waals surface area contributed by atoms with Gasteiger partial charge in [-0.1, -0.05) is 24.3 Å². The van der Waals surface area contributed by atoms with E-state index in [-0.39, 0.29) is 0 Å². The monoisotopic (exact) mass is 552 g/mol. The molecule has 0 atom stereocenters. The second-order valence-electron chi connectivity index (χ2n) is 4.99. The molecule has 0 aliphatic heterocycles. The van der Waals surface area contributed by atoms with Crippen LogP contribution in [-0.4, -0.2) is 36.6 Å². The largest absolute Gasteiger partial charge is 0.265 e. The number of hydrogen-bond donors (Lipinski definition) is 4. The maximum absolute atomic E-state index is 8.82. The van der Waals surface area contributed by atoms with Crippen LogP contribution in [0.25, 0.3) is 0 Å². The zero-order valence-electron chi connectivity index (χ0n) is 17.6. The van der Waals surface area contributed by atoms with Crippen LogP contribution in [0, 0.1) is 0 Å². The van der Waals surface area contributed by atoms with Crippen LogP contribution in [0.5, 0.6) is 0 Å². The van der Waals surface area contributed by atoms with Crippen molar-refractivity contribution in [3.8, 4) is 0 Å². The Bertz CT molecular complexity index is 832. The molecule has 4 aromatic rings. The van der Waals surface area contributed by atoms with Gasteiger partial charge in [-0.25, -0.2) is 0 Å². The Morgan fingerprint density at radius 2 is 0.441 bits per heavy atom. The van der Waals surface area contributed by atoms with Gasteiger partial charge in [-0.2, -0.15) is 0 Å². The van der Waals surface area contributed by atoms with Crippen LogP contribution < -0.4 is 0 Å². The standard InChI is InChI=1S/4C5H5N.2Cr.4H2O.4O/c4*1-2-4-6-5-3-1;;;;;;;;;;/h4*1-5H;;;4*1H2;;;;/q;;;;2*+2;;;;;;;;/p-4. The summed E-state index contributed by atoms with van der Waals surface area (Å²) in [5.74, 6) is 0. The summed E-state index contributed by atoms with van der Waals surface area (Å²) in [5.41, 5.74) is 0. The van der Waals surface area contributed by atoms with E-state index in [1.807, 2.05) is 72.8 Å². The molecule has 4 rings (SSSR count). The first-order chi connectivity index (χ1) is 16.0. The summed E-state index contributed by atoms with van der Waals surface area (Å²) in [6.07, 6.45) is 14.0. The molecule has 0 aliphatic carbocycles. The molecule has 0 saturated heterocycles. The SMILES string of the molecule is [O]=[Cr](=[O])([OH])[OH].[O]=[Cr](=[O])([OH])[OH].c1ccncc1.c1ccncc1.c1ccncc1.c1ccncc1. The van der Waals surface area contributed by atoms with Crippen LogP contribution >= 0.6 is 0 Å². The molecule has 184 valence electrons. The summed E-state index contributed by atoms with van der Waals surface area (Å²) >= 11 is -10.5. The van der Waals surface area contributed by atoms with Crippen molar-refractivity contribution in [1.82, 2.24) is 19.9 Å². The molecule has 0 amide bonds. The zero-order chi connectivity index (χ0) is 26.0. The fraction of sp³-hybridized carbons (Fsp3) is 0. The second kappa shape index (κ2) is 22.9. The van der Waals surface area contributed by atoms with E-state index in [0.29, 0.717) is 0 Å². The first-order valence-corrected chi connectivity index (χ1v) is 13.2. The third kappa shape index (κ3) is 51.4. The quantitative estimate of drug-likeness (QED) is 0.246. The van der Waals surface area contributed by atoms with Gasteiger partial charge in [-0.3, -0.25) is 19.9 Å².